The first kappa shape index (κ1) is 28.4. The number of aryl methyl sites for hydroxylation is 1. The average molecular weight is 601 g/mol. The molecule has 0 saturated carbocycles. The first-order valence-corrected chi connectivity index (χ1v) is 14.9. The number of hydrogen-bond donors (Lipinski definition) is 1. The Morgan fingerprint density at radius 2 is 1.71 bits per heavy atom. The molecule has 224 valence electrons. The second-order valence-corrected chi connectivity index (χ2v) is 12.1. The molecule has 0 bridgehead atoms. The lowest BCUT2D eigenvalue weighted by Crippen LogP contribution is -2.48. The van der Waals surface area contributed by atoms with Gasteiger partial charge in [0.1, 0.15) is 18.4 Å². The van der Waals surface area contributed by atoms with E-state index < -0.39 is 35.7 Å². The van der Waals surface area contributed by atoms with Gasteiger partial charge in [-0.25, -0.2) is 13.9 Å². The van der Waals surface area contributed by atoms with E-state index in [-0.39, 0.29) is 29.7 Å². The van der Waals surface area contributed by atoms with Crippen LogP contribution in [0.2, 0.25) is 0 Å². The third kappa shape index (κ3) is 4.40. The van der Waals surface area contributed by atoms with Crippen LogP contribution in [0.15, 0.2) is 90.6 Å². The quantitative estimate of drug-likeness (QED) is 0.302. The zero-order chi connectivity index (χ0) is 31.5. The Morgan fingerprint density at radius 1 is 1.07 bits per heavy atom. The first-order chi connectivity index (χ1) is 21.7. The van der Waals surface area contributed by atoms with E-state index in [1.807, 2.05) is 54.6 Å². The molecule has 3 atom stereocenters. The summed E-state index contributed by atoms with van der Waals surface area (Å²) in [6, 6.07) is 23.8. The minimum atomic E-state index is -1.22. The Hall–Kier alpha value is -5.36. The number of carboxylic acid groups (broad SMARTS) is 1. The number of nitrogens with zero attached hydrogens (tertiary/aromatic N) is 4. The van der Waals surface area contributed by atoms with E-state index in [9.17, 15) is 29.1 Å². The fraction of sp³-hybridized carbons (Fsp3) is 0.250. The Kier molecular flexibility index (Phi) is 6.73. The maximum atomic E-state index is 14.0. The highest BCUT2D eigenvalue weighted by Crippen LogP contribution is 2.53. The summed E-state index contributed by atoms with van der Waals surface area (Å²) >= 11 is 0. The molecule has 0 radical (unpaired) electrons. The van der Waals surface area contributed by atoms with Crippen LogP contribution in [0.4, 0.5) is 9.18 Å². The second kappa shape index (κ2) is 10.7. The number of carbonyl (C=O) groups excluding carboxylic acids is 2. The zero-order valence-electron chi connectivity index (χ0n) is 24.5. The second-order valence-electron chi connectivity index (χ2n) is 12.1. The van der Waals surface area contributed by atoms with Crippen molar-refractivity contribution in [2.75, 3.05) is 13.1 Å². The van der Waals surface area contributed by atoms with E-state index in [4.69, 9.17) is 5.10 Å². The molecule has 0 spiro atoms. The summed E-state index contributed by atoms with van der Waals surface area (Å²) in [5.41, 5.74) is 5.07. The number of carbonyl (C=O) groups is 3. The molecule has 1 N–H and O–H groups in total. The van der Waals surface area contributed by atoms with Gasteiger partial charge in [0, 0.05) is 24.6 Å². The summed E-state index contributed by atoms with van der Waals surface area (Å²) in [5.74, 6) is -2.19. The van der Waals surface area contributed by atoms with Gasteiger partial charge in [0.15, 0.2) is 5.78 Å². The number of amides is 1. The molecular weight excluding hydrogens is 571 g/mol. The van der Waals surface area contributed by atoms with Crippen molar-refractivity contribution in [3.05, 3.63) is 124 Å². The van der Waals surface area contributed by atoms with Crippen LogP contribution in [0.1, 0.15) is 52.0 Å². The standard InChI is InChI=1S/C36H29FN4O4/c1-21-31-15-10-22-18-41(39-34(22)36(31,16-23(17-38)33(21)43)24-11-13-25(37)14-12-24)32(42)20-40(35(44)45)19-30-28-8-4-2-6-26(28)27-7-3-5-9-29(27)30/h2-9,11-14,16,18,21,30-31H,10,15,19-20H2,1H3,(H,44,45)/t21-,31-,36+/m0/s1. The highest BCUT2D eigenvalue weighted by Gasteiger charge is 2.53. The number of hydrogen-bond acceptors (Lipinski definition) is 5. The summed E-state index contributed by atoms with van der Waals surface area (Å²) in [7, 11) is 0. The van der Waals surface area contributed by atoms with Gasteiger partial charge in [-0.2, -0.15) is 10.4 Å². The van der Waals surface area contributed by atoms with Crippen molar-refractivity contribution in [2.45, 2.75) is 31.1 Å². The van der Waals surface area contributed by atoms with E-state index in [2.05, 4.69) is 0 Å². The van der Waals surface area contributed by atoms with E-state index in [0.717, 1.165) is 32.7 Å². The summed E-state index contributed by atoms with van der Waals surface area (Å²) in [4.78, 5) is 40.4. The lowest BCUT2D eigenvalue weighted by atomic mass is 9.54. The molecule has 9 heteroatoms. The van der Waals surface area contributed by atoms with Gasteiger partial charge in [-0.05, 0) is 70.3 Å². The molecule has 0 unspecified atom stereocenters. The fourth-order valence-electron chi connectivity index (χ4n) is 7.70. The van der Waals surface area contributed by atoms with Crippen molar-refractivity contribution in [1.29, 1.82) is 5.26 Å². The highest BCUT2D eigenvalue weighted by molar-refractivity contribution is 6.02. The average Bonchev–Trinajstić information content (AvgIpc) is 3.63. The number of allylic oxidation sites excluding steroid dienone is 2. The molecule has 7 rings (SSSR count). The van der Waals surface area contributed by atoms with Gasteiger partial charge in [0.25, 0.3) is 5.91 Å². The highest BCUT2D eigenvalue weighted by atomic mass is 19.1. The van der Waals surface area contributed by atoms with Crippen molar-refractivity contribution < 1.29 is 23.9 Å². The van der Waals surface area contributed by atoms with Crippen molar-refractivity contribution in [2.24, 2.45) is 11.8 Å². The zero-order valence-corrected chi connectivity index (χ0v) is 24.5. The molecular formula is C36H29FN4O4. The van der Waals surface area contributed by atoms with Crippen LogP contribution >= 0.6 is 0 Å². The molecule has 3 aliphatic carbocycles. The van der Waals surface area contributed by atoms with Crippen LogP contribution in [-0.4, -0.2) is 50.7 Å². The number of benzene rings is 3. The van der Waals surface area contributed by atoms with Crippen LogP contribution in [-0.2, 0) is 16.6 Å². The minimum Gasteiger partial charge on any atom is -0.465 e. The van der Waals surface area contributed by atoms with Gasteiger partial charge in [0.2, 0.25) is 0 Å². The van der Waals surface area contributed by atoms with E-state index in [0.29, 0.717) is 24.1 Å². The third-order valence-corrected chi connectivity index (χ3v) is 9.81. The predicted octanol–water partition coefficient (Wildman–Crippen LogP) is 5.97. The molecule has 8 nitrogen and oxygen atoms in total. The van der Waals surface area contributed by atoms with Crippen molar-refractivity contribution in [3.63, 3.8) is 0 Å². The predicted molar refractivity (Wildman–Crippen MR) is 163 cm³/mol. The topological polar surface area (TPSA) is 116 Å². The van der Waals surface area contributed by atoms with Crippen LogP contribution in [0.5, 0.6) is 0 Å². The fourth-order valence-corrected chi connectivity index (χ4v) is 7.70. The van der Waals surface area contributed by atoms with Crippen LogP contribution in [0, 0.1) is 29.0 Å². The van der Waals surface area contributed by atoms with Gasteiger partial charge in [-0.3, -0.25) is 14.5 Å². The molecule has 0 saturated heterocycles. The maximum absolute atomic E-state index is 14.0. The number of rotatable bonds is 5. The molecule has 1 amide bonds. The third-order valence-electron chi connectivity index (χ3n) is 9.81. The van der Waals surface area contributed by atoms with Gasteiger partial charge >= 0.3 is 6.09 Å². The van der Waals surface area contributed by atoms with Crippen LogP contribution in [0.3, 0.4) is 0 Å². The summed E-state index contributed by atoms with van der Waals surface area (Å²) in [5, 5.41) is 24.8. The summed E-state index contributed by atoms with van der Waals surface area (Å²) in [6.45, 7) is 1.47. The van der Waals surface area contributed by atoms with Crippen molar-refractivity contribution in [1.82, 2.24) is 14.7 Å². The van der Waals surface area contributed by atoms with Crippen molar-refractivity contribution >= 4 is 17.8 Å². The molecule has 1 aromatic heterocycles. The molecule has 0 fully saturated rings. The van der Waals surface area contributed by atoms with E-state index in [1.165, 1.54) is 16.8 Å². The lowest BCUT2D eigenvalue weighted by molar-refractivity contribution is -0.121. The number of nitriles is 1. The normalized spacial score (nSPS) is 21.5. The summed E-state index contributed by atoms with van der Waals surface area (Å²) < 4.78 is 15.2. The molecule has 3 aromatic carbocycles. The number of aromatic nitrogens is 2. The minimum absolute atomic E-state index is 0.00554. The van der Waals surface area contributed by atoms with E-state index >= 15 is 0 Å². The molecule has 4 aromatic rings. The Labute approximate surface area is 259 Å². The number of ketones is 1. The Bertz CT molecular complexity index is 1910. The lowest BCUT2D eigenvalue weighted by Gasteiger charge is -2.46. The number of halogens is 1. The molecule has 0 aliphatic heterocycles. The Balaban J connectivity index is 1.25. The van der Waals surface area contributed by atoms with Crippen molar-refractivity contribution in [3.8, 4) is 17.2 Å². The molecule has 1 heterocycles. The van der Waals surface area contributed by atoms with Crippen LogP contribution in [0.25, 0.3) is 11.1 Å². The van der Waals surface area contributed by atoms with Gasteiger partial charge in [-0.15, -0.1) is 0 Å². The SMILES string of the molecule is C[C@@H]1C(=O)C(C#N)=C[C@]2(c3ccc(F)cc3)c3nn(C(=O)CN(CC4c5ccccc5-c5ccccc54)C(=O)O)cc3CC[C@@H]12. The molecule has 3 aliphatic rings. The Morgan fingerprint density at radius 3 is 2.33 bits per heavy atom. The van der Waals surface area contributed by atoms with Gasteiger partial charge < -0.3 is 5.11 Å². The summed E-state index contributed by atoms with van der Waals surface area (Å²) in [6.07, 6.45) is 3.17. The number of Topliss-reactive ketones (excluding diaryl/α,β-unsaturated/α-hetero) is 1. The largest absolute Gasteiger partial charge is 0.465 e. The van der Waals surface area contributed by atoms with Crippen LogP contribution < -0.4 is 0 Å². The molecule has 45 heavy (non-hydrogen) atoms. The smallest absolute Gasteiger partial charge is 0.407 e. The first-order valence-electron chi connectivity index (χ1n) is 14.9. The van der Waals surface area contributed by atoms with E-state index in [1.54, 1.807) is 31.3 Å². The number of fused-ring (bicyclic) bond motifs is 6. The monoisotopic (exact) mass is 600 g/mol. The van der Waals surface area contributed by atoms with Gasteiger partial charge in [-0.1, -0.05) is 67.6 Å². The maximum Gasteiger partial charge on any atom is 0.407 e. The van der Waals surface area contributed by atoms with Gasteiger partial charge in [0.05, 0.1) is 16.7 Å².